The molecule has 7 aromatic carbocycles. The van der Waals surface area contributed by atoms with E-state index in [1.54, 1.807) is 94.4 Å². The average molecular weight is 1650 g/mol. The van der Waals surface area contributed by atoms with E-state index in [-0.39, 0.29) is 83.7 Å². The van der Waals surface area contributed by atoms with Gasteiger partial charge in [-0.15, -0.1) is 0 Å². The lowest BCUT2D eigenvalue weighted by atomic mass is 9.69. The molecule has 6 fully saturated rings. The van der Waals surface area contributed by atoms with Gasteiger partial charge in [-0.3, -0.25) is 0 Å². The quantitative estimate of drug-likeness (QED) is 0.112. The lowest BCUT2D eigenvalue weighted by Gasteiger charge is -2.37. The maximum atomic E-state index is 14.4. The van der Waals surface area contributed by atoms with Crippen LogP contribution in [0.15, 0.2) is 75.6 Å². The Hall–Kier alpha value is -7.76. The normalized spacial score (nSPS) is 26.9. The van der Waals surface area contributed by atoms with Crippen molar-refractivity contribution in [1.29, 1.82) is 0 Å². The summed E-state index contributed by atoms with van der Waals surface area (Å²) in [6, 6.07) is 18.7. The molecule has 9 aliphatic rings. The molecule has 3 aliphatic heterocycles. The Morgan fingerprint density at radius 3 is 0.703 bits per heavy atom. The van der Waals surface area contributed by atoms with Crippen LogP contribution in [0.4, 0.5) is 43.9 Å². The highest BCUT2D eigenvalue weighted by Gasteiger charge is 2.37. The first-order valence-electron chi connectivity index (χ1n) is 44.7. The molecule has 8 nitrogen and oxygen atoms in total. The molecule has 0 N–H and O–H groups in total. The second-order valence-corrected chi connectivity index (χ2v) is 37.2. The zero-order valence-corrected chi connectivity index (χ0v) is 70.9. The molecule has 6 saturated carbocycles. The molecule has 6 aliphatic carbocycles. The number of hydrogen-bond donors (Lipinski definition) is 0. The van der Waals surface area contributed by atoms with E-state index in [1.807, 2.05) is 20.8 Å². The van der Waals surface area contributed by atoms with Crippen molar-refractivity contribution in [3.63, 3.8) is 0 Å². The number of furan rings is 2. The third-order valence-corrected chi connectivity index (χ3v) is 28.5. The zero-order valence-electron chi connectivity index (χ0n) is 70.9. The van der Waals surface area contributed by atoms with Crippen LogP contribution < -0.4 is 28.4 Å². The number of fused-ring (bicyclic) bond motifs is 9. The molecule has 652 valence electrons. The third-order valence-electron chi connectivity index (χ3n) is 28.5. The molecule has 18 rings (SSSR count). The van der Waals surface area contributed by atoms with E-state index in [2.05, 4.69) is 20.8 Å². The highest BCUT2D eigenvalue weighted by molar-refractivity contribution is 6.06. The van der Waals surface area contributed by atoms with Gasteiger partial charge in [-0.05, 0) is 314 Å². The van der Waals surface area contributed by atoms with E-state index in [4.69, 9.17) is 37.3 Å². The summed E-state index contributed by atoms with van der Waals surface area (Å²) in [5, 5.41) is 2.45. The van der Waals surface area contributed by atoms with Crippen LogP contribution in [0, 0.1) is 157 Å². The molecule has 0 saturated heterocycles. The predicted octanol–water partition coefficient (Wildman–Crippen LogP) is 30.5. The molecular formula is C100H134F10O8. The Morgan fingerprint density at radius 1 is 0.271 bits per heavy atom. The molecule has 118 heavy (non-hydrogen) atoms. The van der Waals surface area contributed by atoms with Crippen LogP contribution in [0.2, 0.25) is 0 Å². The first-order valence-corrected chi connectivity index (χ1v) is 44.7. The summed E-state index contributed by atoms with van der Waals surface area (Å²) in [6.45, 7) is 20.9. The van der Waals surface area contributed by atoms with Crippen molar-refractivity contribution in [3.8, 4) is 34.5 Å². The lowest BCUT2D eigenvalue weighted by molar-refractivity contribution is 0.123. The van der Waals surface area contributed by atoms with E-state index in [0.29, 0.717) is 101 Å². The van der Waals surface area contributed by atoms with Crippen molar-refractivity contribution < 1.29 is 89.7 Å². The van der Waals surface area contributed by atoms with Crippen LogP contribution in [0.1, 0.15) is 262 Å². The van der Waals surface area contributed by atoms with Crippen molar-refractivity contribution in [2.24, 2.45) is 71.0 Å². The molecule has 3 unspecified atom stereocenters. The Kier molecular flexibility index (Phi) is 28.3. The summed E-state index contributed by atoms with van der Waals surface area (Å²) >= 11 is 0. The number of hydrogen-bond acceptors (Lipinski definition) is 8. The van der Waals surface area contributed by atoms with Crippen LogP contribution in [-0.4, -0.2) is 38.1 Å². The topological polar surface area (TPSA) is 81.7 Å². The molecule has 0 bridgehead atoms. The smallest absolute Gasteiger partial charge is 0.204 e. The van der Waals surface area contributed by atoms with Crippen molar-refractivity contribution >= 4 is 43.9 Å². The highest BCUT2D eigenvalue weighted by atomic mass is 19.2. The van der Waals surface area contributed by atoms with Gasteiger partial charge in [0, 0.05) is 46.8 Å². The molecular weight excluding hydrogens is 1520 g/mol. The molecule has 5 heterocycles. The predicted molar refractivity (Wildman–Crippen MR) is 459 cm³/mol. The van der Waals surface area contributed by atoms with Crippen LogP contribution in [-0.2, 0) is 19.3 Å². The van der Waals surface area contributed by atoms with E-state index in [1.165, 1.54) is 116 Å². The van der Waals surface area contributed by atoms with Gasteiger partial charge in [-0.2, -0.15) is 26.3 Å². The van der Waals surface area contributed by atoms with E-state index in [9.17, 15) is 43.9 Å². The molecule has 0 spiro atoms. The summed E-state index contributed by atoms with van der Waals surface area (Å²) in [4.78, 5) is 0. The lowest BCUT2D eigenvalue weighted by Crippen LogP contribution is -2.27. The molecule has 0 radical (unpaired) electrons. The van der Waals surface area contributed by atoms with Crippen molar-refractivity contribution in [2.45, 2.75) is 280 Å². The van der Waals surface area contributed by atoms with Crippen molar-refractivity contribution in [3.05, 3.63) is 164 Å². The summed E-state index contributed by atoms with van der Waals surface area (Å²) < 4.78 is 186. The summed E-state index contributed by atoms with van der Waals surface area (Å²) in [6.07, 6.45) is 35.5. The van der Waals surface area contributed by atoms with Gasteiger partial charge in [-0.1, -0.05) is 108 Å². The van der Waals surface area contributed by atoms with E-state index in [0.717, 1.165) is 128 Å². The Morgan fingerprint density at radius 2 is 0.483 bits per heavy atom. The molecule has 9 aromatic rings. The third kappa shape index (κ3) is 19.9. The van der Waals surface area contributed by atoms with E-state index < -0.39 is 58.2 Å². The van der Waals surface area contributed by atoms with Gasteiger partial charge in [0.2, 0.25) is 34.9 Å². The summed E-state index contributed by atoms with van der Waals surface area (Å²) in [5.74, 6) is 2.69. The number of benzene rings is 7. The average Bonchev–Trinajstić information content (AvgIpc) is 1.66. The number of halogens is 10. The van der Waals surface area contributed by atoms with Gasteiger partial charge < -0.3 is 37.3 Å². The fourth-order valence-corrected chi connectivity index (χ4v) is 20.5. The Labute approximate surface area is 699 Å². The van der Waals surface area contributed by atoms with Crippen molar-refractivity contribution in [2.75, 3.05) is 19.8 Å². The van der Waals surface area contributed by atoms with Crippen LogP contribution in [0.3, 0.4) is 0 Å². The maximum absolute atomic E-state index is 14.4. The fraction of sp³-hybridized carbons (Fsp3) is 0.580. The molecule has 2 aromatic heterocycles. The monoisotopic (exact) mass is 1650 g/mol. The minimum atomic E-state index is -0.905. The first-order chi connectivity index (χ1) is 56.7. The zero-order chi connectivity index (χ0) is 83.3. The molecule has 0 amide bonds. The van der Waals surface area contributed by atoms with Crippen LogP contribution in [0.25, 0.3) is 43.9 Å². The standard InChI is InChI=1S/3C24H34F2O2.2C14H10F2O.6H2/c3*1-15-3-8-18(9-4-15)19-11-6-17(7-12-19)14-27-21-13-20-10-5-16(2)28-24(20)23(26)22(21)25;2*1-7-3-5-9-10-6-4-8(2)12(16)14(10)17-13(9)11(7)15;;;;;;/h3*13,15-19H,3-12,14H2,1-2H3;2*3-6H,1-2H3;6*1H. The van der Waals surface area contributed by atoms with Gasteiger partial charge in [0.05, 0.1) is 38.1 Å². The fourth-order valence-electron chi connectivity index (χ4n) is 20.5. The molecule has 18 heteroatoms. The van der Waals surface area contributed by atoms with Crippen molar-refractivity contribution in [1.82, 2.24) is 0 Å². The van der Waals surface area contributed by atoms with E-state index >= 15 is 0 Å². The Balaban J connectivity index is 0.000000193. The van der Waals surface area contributed by atoms with Gasteiger partial charge in [0.15, 0.2) is 80.1 Å². The minimum Gasteiger partial charge on any atom is -0.490 e. The minimum absolute atomic E-state index is 0. The SMILES string of the molecule is CC1CCC(C2CCC(COc3cc4c(c(F)c3F)OC(C)CC4)CC2)CC1.CC1CCC(C2CCC(COc3cc4c(c(F)c3F)OC(C)CC4)CC2)CC1.CC1CCC(C2CCC(COc3cc4c(c(F)c3F)OC(C)CC4)CC2)CC1.Cc1ccc2c(oc3c(F)c(C)ccc32)c1F.Cc1ccc2c(oc3c(F)c(C)ccc32)c1F.[HH].[HH].[HH].[HH].[HH].[HH]. The Bertz CT molecular complexity index is 4420. The van der Waals surface area contributed by atoms with Gasteiger partial charge >= 0.3 is 0 Å². The highest BCUT2D eigenvalue weighted by Crippen LogP contribution is 2.48. The number of ether oxygens (including phenoxy) is 6. The summed E-state index contributed by atoms with van der Waals surface area (Å²) in [7, 11) is 0. The largest absolute Gasteiger partial charge is 0.490 e. The second kappa shape index (κ2) is 38.5. The number of rotatable bonds is 12. The maximum Gasteiger partial charge on any atom is 0.204 e. The van der Waals surface area contributed by atoms with Crippen LogP contribution >= 0.6 is 0 Å². The first kappa shape index (κ1) is 86.6. The second-order valence-electron chi connectivity index (χ2n) is 37.2. The van der Waals surface area contributed by atoms with Gasteiger partial charge in [-0.25, -0.2) is 17.6 Å². The summed E-state index contributed by atoms with van der Waals surface area (Å²) in [5.41, 5.74) is 4.67. The van der Waals surface area contributed by atoms with Crippen LogP contribution in [0.5, 0.6) is 34.5 Å². The van der Waals surface area contributed by atoms with Gasteiger partial charge in [0.1, 0.15) is 0 Å². The number of aryl methyl sites for hydroxylation is 7. The molecule has 3 atom stereocenters. The van der Waals surface area contributed by atoms with Gasteiger partial charge in [0.25, 0.3) is 0 Å².